The molecule has 1 amide bonds. The first kappa shape index (κ1) is 15.5. The van der Waals surface area contributed by atoms with Crippen LogP contribution in [0.2, 0.25) is 10.3 Å². The molecule has 0 saturated carbocycles. The molecule has 1 aromatic rings. The van der Waals surface area contributed by atoms with Gasteiger partial charge >= 0.3 is 0 Å². The second kappa shape index (κ2) is 6.26. The van der Waals surface area contributed by atoms with Gasteiger partial charge in [-0.1, -0.05) is 23.2 Å². The van der Waals surface area contributed by atoms with Gasteiger partial charge in [-0.15, -0.1) is 0 Å². The van der Waals surface area contributed by atoms with Crippen LogP contribution in [0.25, 0.3) is 0 Å². The third-order valence-electron chi connectivity index (χ3n) is 3.27. The number of aliphatic hydroxyl groups is 1. The summed E-state index contributed by atoms with van der Waals surface area (Å²) in [5.74, 6) is -0.220. The molecule has 2 rings (SSSR count). The Morgan fingerprint density at radius 2 is 2.20 bits per heavy atom. The number of amides is 1. The van der Waals surface area contributed by atoms with E-state index in [0.29, 0.717) is 25.1 Å². The molecule has 1 aliphatic heterocycles. The molecule has 2 heterocycles. The van der Waals surface area contributed by atoms with Crippen LogP contribution < -0.4 is 0 Å². The zero-order chi connectivity index (χ0) is 14.9. The van der Waals surface area contributed by atoms with Crippen LogP contribution in [-0.4, -0.2) is 65.1 Å². The summed E-state index contributed by atoms with van der Waals surface area (Å²) in [6, 6.07) is 3.07. The van der Waals surface area contributed by atoms with Crippen molar-refractivity contribution in [3.63, 3.8) is 0 Å². The quantitative estimate of drug-likeness (QED) is 0.859. The minimum Gasteiger partial charge on any atom is -0.391 e. The lowest BCUT2D eigenvalue weighted by Crippen LogP contribution is -2.41. The molecule has 1 saturated heterocycles. The zero-order valence-electron chi connectivity index (χ0n) is 11.4. The summed E-state index contributed by atoms with van der Waals surface area (Å²) in [5, 5.41) is 10.1. The van der Waals surface area contributed by atoms with Crippen molar-refractivity contribution in [3.8, 4) is 0 Å². The Balaban J connectivity index is 2.22. The van der Waals surface area contributed by atoms with Gasteiger partial charge in [0.2, 0.25) is 0 Å². The van der Waals surface area contributed by atoms with Crippen LogP contribution in [-0.2, 0) is 0 Å². The van der Waals surface area contributed by atoms with Crippen LogP contribution in [0, 0.1) is 0 Å². The molecule has 0 radical (unpaired) electrons. The van der Waals surface area contributed by atoms with Gasteiger partial charge in [0.05, 0.1) is 11.7 Å². The highest BCUT2D eigenvalue weighted by Crippen LogP contribution is 2.24. The molecule has 0 bridgehead atoms. The predicted molar refractivity (Wildman–Crippen MR) is 78.3 cm³/mol. The van der Waals surface area contributed by atoms with Gasteiger partial charge in [0, 0.05) is 19.1 Å². The highest BCUT2D eigenvalue weighted by Gasteiger charge is 2.35. The molecule has 0 aromatic carbocycles. The van der Waals surface area contributed by atoms with Gasteiger partial charge in [0.15, 0.2) is 0 Å². The molecule has 20 heavy (non-hydrogen) atoms. The number of nitrogens with zero attached hydrogens (tertiary/aromatic N) is 3. The van der Waals surface area contributed by atoms with Crippen molar-refractivity contribution in [1.82, 2.24) is 14.8 Å². The van der Waals surface area contributed by atoms with Gasteiger partial charge in [-0.25, -0.2) is 4.98 Å². The molecule has 110 valence electrons. The number of carbonyl (C=O) groups is 1. The molecule has 0 spiro atoms. The first-order valence-electron chi connectivity index (χ1n) is 6.34. The number of β-amino-alcohol motifs (C(OH)–C–C–N with tert-alkyl or cyclic N) is 1. The molecule has 1 fully saturated rings. The largest absolute Gasteiger partial charge is 0.391 e. The summed E-state index contributed by atoms with van der Waals surface area (Å²) in [7, 11) is 3.87. The average molecular weight is 318 g/mol. The number of aromatic nitrogens is 1. The smallest absolute Gasteiger partial charge is 0.257 e. The molecule has 2 atom stereocenters. The van der Waals surface area contributed by atoms with Crippen LogP contribution in [0.15, 0.2) is 12.1 Å². The van der Waals surface area contributed by atoms with Crippen LogP contribution in [0.4, 0.5) is 0 Å². The topological polar surface area (TPSA) is 56.7 Å². The first-order chi connectivity index (χ1) is 9.38. The number of hydrogen-bond acceptors (Lipinski definition) is 4. The first-order valence-corrected chi connectivity index (χ1v) is 7.10. The Labute approximate surface area is 128 Å². The third-order valence-corrected chi connectivity index (χ3v) is 3.77. The SMILES string of the molecule is CN(C)CC1CC(O)CN1C(=O)c1ccc(Cl)nc1Cl. The highest BCUT2D eigenvalue weighted by molar-refractivity contribution is 6.34. The number of pyridine rings is 1. The van der Waals surface area contributed by atoms with Crippen molar-refractivity contribution in [2.24, 2.45) is 0 Å². The number of rotatable bonds is 3. The van der Waals surface area contributed by atoms with Gasteiger partial charge in [-0.2, -0.15) is 0 Å². The lowest BCUT2D eigenvalue weighted by atomic mass is 10.1. The van der Waals surface area contributed by atoms with E-state index in [0.717, 1.165) is 0 Å². The van der Waals surface area contributed by atoms with Crippen molar-refractivity contribution >= 4 is 29.1 Å². The minimum atomic E-state index is -0.497. The van der Waals surface area contributed by atoms with E-state index >= 15 is 0 Å². The Kier molecular flexibility index (Phi) is 4.86. The third kappa shape index (κ3) is 3.41. The van der Waals surface area contributed by atoms with Crippen molar-refractivity contribution < 1.29 is 9.90 Å². The van der Waals surface area contributed by atoms with Crippen LogP contribution in [0.1, 0.15) is 16.8 Å². The van der Waals surface area contributed by atoms with Crippen molar-refractivity contribution in [2.45, 2.75) is 18.6 Å². The molecule has 7 heteroatoms. The summed E-state index contributed by atoms with van der Waals surface area (Å²) < 4.78 is 0. The number of halogens is 2. The number of aliphatic hydroxyl groups excluding tert-OH is 1. The van der Waals surface area contributed by atoms with E-state index in [2.05, 4.69) is 4.98 Å². The van der Waals surface area contributed by atoms with E-state index in [4.69, 9.17) is 23.2 Å². The monoisotopic (exact) mass is 317 g/mol. The number of hydrogen-bond donors (Lipinski definition) is 1. The van der Waals surface area contributed by atoms with E-state index in [1.807, 2.05) is 19.0 Å². The molecule has 0 aliphatic carbocycles. The van der Waals surface area contributed by atoms with E-state index in [9.17, 15) is 9.90 Å². The fourth-order valence-corrected chi connectivity index (χ4v) is 2.89. The number of carbonyl (C=O) groups excluding carboxylic acids is 1. The molecular weight excluding hydrogens is 301 g/mol. The maximum Gasteiger partial charge on any atom is 0.257 e. The van der Waals surface area contributed by atoms with E-state index < -0.39 is 6.10 Å². The number of likely N-dealkylation sites (N-methyl/N-ethyl adjacent to an activating group) is 1. The molecule has 5 nitrogen and oxygen atoms in total. The summed E-state index contributed by atoms with van der Waals surface area (Å²) in [4.78, 5) is 20.1. The summed E-state index contributed by atoms with van der Waals surface area (Å²) in [6.45, 7) is 1.01. The fraction of sp³-hybridized carbons (Fsp3) is 0.538. The molecule has 1 aliphatic rings. The maximum atomic E-state index is 12.5. The Morgan fingerprint density at radius 3 is 2.80 bits per heavy atom. The normalized spacial score (nSPS) is 22.6. The van der Waals surface area contributed by atoms with Crippen LogP contribution in [0.3, 0.4) is 0 Å². The Bertz CT molecular complexity index is 510. The van der Waals surface area contributed by atoms with Gasteiger partial charge in [0.25, 0.3) is 5.91 Å². The van der Waals surface area contributed by atoms with E-state index in [1.165, 1.54) is 6.07 Å². The molecule has 2 unspecified atom stereocenters. The van der Waals surface area contributed by atoms with Crippen molar-refractivity contribution in [2.75, 3.05) is 27.2 Å². The Hall–Kier alpha value is -0.880. The summed E-state index contributed by atoms with van der Waals surface area (Å²) >= 11 is 11.7. The summed E-state index contributed by atoms with van der Waals surface area (Å²) in [6.07, 6.45) is 0.0747. The average Bonchev–Trinajstić information content (AvgIpc) is 2.68. The fourth-order valence-electron chi connectivity index (χ4n) is 2.46. The van der Waals surface area contributed by atoms with E-state index in [-0.39, 0.29) is 22.3 Å². The van der Waals surface area contributed by atoms with Gasteiger partial charge in [0.1, 0.15) is 10.3 Å². The molecular formula is C13H17Cl2N3O2. The van der Waals surface area contributed by atoms with Crippen molar-refractivity contribution in [1.29, 1.82) is 0 Å². The van der Waals surface area contributed by atoms with Gasteiger partial charge < -0.3 is 14.9 Å². The predicted octanol–water partition coefficient (Wildman–Crippen LogP) is 1.53. The lowest BCUT2D eigenvalue weighted by molar-refractivity contribution is 0.0699. The second-order valence-electron chi connectivity index (χ2n) is 5.24. The lowest BCUT2D eigenvalue weighted by Gasteiger charge is -2.27. The standard InChI is InChI=1S/C13H17Cl2N3O2/c1-17(2)6-8-5-9(19)7-18(8)13(20)10-3-4-11(14)16-12(10)15/h3-4,8-9,19H,5-7H2,1-2H3. The highest BCUT2D eigenvalue weighted by atomic mass is 35.5. The van der Waals surface area contributed by atoms with Gasteiger partial charge in [-0.3, -0.25) is 4.79 Å². The minimum absolute atomic E-state index is 0.0285. The number of likely N-dealkylation sites (tertiary alicyclic amines) is 1. The van der Waals surface area contributed by atoms with Crippen LogP contribution in [0.5, 0.6) is 0 Å². The van der Waals surface area contributed by atoms with E-state index in [1.54, 1.807) is 11.0 Å². The van der Waals surface area contributed by atoms with Crippen LogP contribution >= 0.6 is 23.2 Å². The Morgan fingerprint density at radius 1 is 1.50 bits per heavy atom. The second-order valence-corrected chi connectivity index (χ2v) is 5.98. The summed E-state index contributed by atoms with van der Waals surface area (Å²) in [5.41, 5.74) is 0.314. The van der Waals surface area contributed by atoms with Crippen molar-refractivity contribution in [3.05, 3.63) is 28.0 Å². The van der Waals surface area contributed by atoms with Gasteiger partial charge in [-0.05, 0) is 32.6 Å². The maximum absolute atomic E-state index is 12.5. The zero-order valence-corrected chi connectivity index (χ0v) is 12.9. The molecule has 1 aromatic heterocycles. The molecule has 1 N–H and O–H groups in total.